The summed E-state index contributed by atoms with van der Waals surface area (Å²) in [5, 5.41) is 3.36. The van der Waals surface area contributed by atoms with Gasteiger partial charge in [-0.1, -0.05) is 49.9 Å². The van der Waals surface area contributed by atoms with Gasteiger partial charge in [-0.3, -0.25) is 4.79 Å². The molecule has 6 nitrogen and oxygen atoms in total. The molecule has 2 rings (SSSR count). The summed E-state index contributed by atoms with van der Waals surface area (Å²) in [4.78, 5) is 29.0. The lowest BCUT2D eigenvalue weighted by molar-refractivity contribution is -0.924. The van der Waals surface area contributed by atoms with Crippen molar-refractivity contribution in [2.45, 2.75) is 52.4 Å². The van der Waals surface area contributed by atoms with E-state index in [-0.39, 0.29) is 27.7 Å². The number of carbonyl (C=O) groups excluding carboxylic acids is 2. The molecule has 0 saturated carbocycles. The van der Waals surface area contributed by atoms with Gasteiger partial charge in [-0.25, -0.2) is 9.78 Å². The quantitative estimate of drug-likeness (QED) is 0.301. The maximum Gasteiger partial charge on any atom is 0.361 e. The van der Waals surface area contributed by atoms with Crippen molar-refractivity contribution in [3.8, 4) is 0 Å². The third kappa shape index (κ3) is 7.71. The summed E-state index contributed by atoms with van der Waals surface area (Å²) in [5.41, 5.74) is 0.121. The number of piperidine rings is 1. The van der Waals surface area contributed by atoms with Crippen molar-refractivity contribution in [1.29, 1.82) is 0 Å². The van der Waals surface area contributed by atoms with Crippen LogP contribution >= 0.6 is 23.2 Å². The Morgan fingerprint density at radius 3 is 2.60 bits per heavy atom. The highest BCUT2D eigenvalue weighted by atomic mass is 35.5. The van der Waals surface area contributed by atoms with Crippen molar-refractivity contribution in [1.82, 2.24) is 10.3 Å². The molecule has 1 aliphatic rings. The molecule has 0 spiro atoms. The van der Waals surface area contributed by atoms with Crippen molar-refractivity contribution in [3.63, 3.8) is 0 Å². The number of hydrogen-bond acceptors (Lipinski definition) is 4. The first-order chi connectivity index (χ1) is 14.4. The van der Waals surface area contributed by atoms with Crippen LogP contribution in [-0.4, -0.2) is 60.7 Å². The number of carbonyl (C=O) groups is 2. The van der Waals surface area contributed by atoms with Crippen LogP contribution in [-0.2, 0) is 9.53 Å². The molecule has 2 heterocycles. The smallest absolute Gasteiger partial charge is 0.361 e. The molecule has 1 aliphatic heterocycles. The first-order valence-corrected chi connectivity index (χ1v) is 11.8. The number of amides is 1. The van der Waals surface area contributed by atoms with Crippen molar-refractivity contribution >= 4 is 35.1 Å². The van der Waals surface area contributed by atoms with Gasteiger partial charge < -0.3 is 14.5 Å². The SMILES string of the molecule is CCC[C@H](CC)COC(=O)C[N+]1(CCNC(=O)c2nc(Cl)ccc2Cl)CCCCC1. The molecular formula is C22H34Cl2N3O3+. The van der Waals surface area contributed by atoms with Gasteiger partial charge in [0.2, 0.25) is 0 Å². The number of ether oxygens (including phenoxy) is 1. The number of rotatable bonds is 11. The summed E-state index contributed by atoms with van der Waals surface area (Å²) in [5.74, 6) is -0.0640. The first-order valence-electron chi connectivity index (χ1n) is 11.0. The van der Waals surface area contributed by atoms with Crippen LogP contribution in [0.25, 0.3) is 0 Å². The zero-order chi connectivity index (χ0) is 22.0. The van der Waals surface area contributed by atoms with Gasteiger partial charge in [0, 0.05) is 0 Å². The molecule has 168 valence electrons. The van der Waals surface area contributed by atoms with Crippen LogP contribution in [0.3, 0.4) is 0 Å². The fourth-order valence-corrected chi connectivity index (χ4v) is 4.39. The van der Waals surface area contributed by atoms with E-state index >= 15 is 0 Å². The van der Waals surface area contributed by atoms with Gasteiger partial charge in [-0.15, -0.1) is 0 Å². The average Bonchev–Trinajstić information content (AvgIpc) is 2.73. The molecule has 0 aromatic carbocycles. The van der Waals surface area contributed by atoms with Gasteiger partial charge in [0.15, 0.2) is 6.54 Å². The molecule has 1 fully saturated rings. The molecule has 1 N–H and O–H groups in total. The minimum absolute atomic E-state index is 0.121. The largest absolute Gasteiger partial charge is 0.461 e. The monoisotopic (exact) mass is 458 g/mol. The summed E-state index contributed by atoms with van der Waals surface area (Å²) in [6.45, 7) is 8.10. The van der Waals surface area contributed by atoms with Gasteiger partial charge in [-0.05, 0) is 43.7 Å². The Bertz CT molecular complexity index is 709. The number of aromatic nitrogens is 1. The summed E-state index contributed by atoms with van der Waals surface area (Å²) >= 11 is 11.9. The summed E-state index contributed by atoms with van der Waals surface area (Å²) in [6, 6.07) is 3.10. The van der Waals surface area contributed by atoms with Crippen LogP contribution in [0.4, 0.5) is 0 Å². The lowest BCUT2D eigenvalue weighted by Gasteiger charge is -2.40. The van der Waals surface area contributed by atoms with E-state index in [1.807, 2.05) is 0 Å². The number of halogens is 2. The molecule has 0 bridgehead atoms. The van der Waals surface area contributed by atoms with Crippen LogP contribution < -0.4 is 5.32 Å². The lowest BCUT2D eigenvalue weighted by atomic mass is 10.0. The highest BCUT2D eigenvalue weighted by Crippen LogP contribution is 2.20. The predicted molar refractivity (Wildman–Crippen MR) is 120 cm³/mol. The Morgan fingerprint density at radius 2 is 1.93 bits per heavy atom. The molecule has 30 heavy (non-hydrogen) atoms. The molecule has 0 radical (unpaired) electrons. The number of likely N-dealkylation sites (tertiary alicyclic amines) is 1. The van der Waals surface area contributed by atoms with Crippen molar-refractivity contribution < 1.29 is 18.8 Å². The molecule has 1 saturated heterocycles. The van der Waals surface area contributed by atoms with E-state index in [9.17, 15) is 9.59 Å². The molecule has 1 aromatic heterocycles. The maximum atomic E-state index is 12.6. The second kappa shape index (κ2) is 12.5. The van der Waals surface area contributed by atoms with Gasteiger partial charge >= 0.3 is 5.97 Å². The van der Waals surface area contributed by atoms with Gasteiger partial charge in [0.1, 0.15) is 10.8 Å². The normalized spacial score (nSPS) is 16.7. The third-order valence-electron chi connectivity index (χ3n) is 5.88. The number of nitrogens with one attached hydrogen (secondary N) is 1. The van der Waals surface area contributed by atoms with E-state index in [1.165, 1.54) is 6.42 Å². The van der Waals surface area contributed by atoms with E-state index in [0.29, 0.717) is 36.6 Å². The van der Waals surface area contributed by atoms with E-state index in [1.54, 1.807) is 12.1 Å². The maximum absolute atomic E-state index is 12.6. The van der Waals surface area contributed by atoms with Crippen LogP contribution in [0.2, 0.25) is 10.2 Å². The van der Waals surface area contributed by atoms with Gasteiger partial charge in [0.05, 0.1) is 37.8 Å². The Kier molecular flexibility index (Phi) is 10.4. The zero-order valence-corrected chi connectivity index (χ0v) is 19.6. The zero-order valence-electron chi connectivity index (χ0n) is 18.1. The fourth-order valence-electron chi connectivity index (χ4n) is 4.06. The van der Waals surface area contributed by atoms with Crippen molar-refractivity contribution in [2.75, 3.05) is 39.3 Å². The lowest BCUT2D eigenvalue weighted by Crippen LogP contribution is -2.57. The predicted octanol–water partition coefficient (Wildman–Crippen LogP) is 4.49. The van der Waals surface area contributed by atoms with Gasteiger partial charge in [-0.2, -0.15) is 0 Å². The molecule has 1 aromatic rings. The number of nitrogens with zero attached hydrogens (tertiary/aromatic N) is 2. The summed E-state index contributed by atoms with van der Waals surface area (Å²) in [7, 11) is 0. The molecule has 1 atom stereocenters. The number of pyridine rings is 1. The minimum Gasteiger partial charge on any atom is -0.461 e. The van der Waals surface area contributed by atoms with E-state index in [0.717, 1.165) is 45.2 Å². The standard InChI is InChI=1S/C22H33Cl2N3O3/c1-3-8-17(4-2)16-30-20(28)15-27(12-6-5-7-13-27)14-11-25-22(29)21-18(23)9-10-19(24)26-21/h9-10,17H,3-8,11-16H2,1-2H3/p+1/t17-/m0/s1. The highest BCUT2D eigenvalue weighted by Gasteiger charge is 2.33. The van der Waals surface area contributed by atoms with Crippen LogP contribution in [0.15, 0.2) is 12.1 Å². The van der Waals surface area contributed by atoms with Crippen molar-refractivity contribution in [3.05, 3.63) is 28.0 Å². The minimum atomic E-state index is -0.356. The van der Waals surface area contributed by atoms with Crippen LogP contribution in [0, 0.1) is 5.92 Å². The van der Waals surface area contributed by atoms with E-state index in [4.69, 9.17) is 27.9 Å². The Labute approximate surface area is 189 Å². The molecular weight excluding hydrogens is 425 g/mol. The summed E-state index contributed by atoms with van der Waals surface area (Å²) in [6.07, 6.45) is 6.54. The number of quaternary nitrogens is 1. The number of hydrogen-bond donors (Lipinski definition) is 1. The number of esters is 1. The Hall–Kier alpha value is -1.37. The Balaban J connectivity index is 1.90. The third-order valence-corrected chi connectivity index (χ3v) is 6.40. The van der Waals surface area contributed by atoms with E-state index in [2.05, 4.69) is 24.1 Å². The topological polar surface area (TPSA) is 68.3 Å². The molecule has 0 aliphatic carbocycles. The molecule has 1 amide bonds. The molecule has 0 unspecified atom stereocenters. The van der Waals surface area contributed by atoms with E-state index < -0.39 is 0 Å². The first kappa shape index (κ1) is 24.9. The second-order valence-corrected chi connectivity index (χ2v) is 8.99. The molecule has 8 heteroatoms. The van der Waals surface area contributed by atoms with Crippen LogP contribution in [0.5, 0.6) is 0 Å². The fraction of sp³-hybridized carbons (Fsp3) is 0.682. The summed E-state index contributed by atoms with van der Waals surface area (Å²) < 4.78 is 6.27. The van der Waals surface area contributed by atoms with Crippen molar-refractivity contribution in [2.24, 2.45) is 5.92 Å². The second-order valence-electron chi connectivity index (χ2n) is 8.20. The Morgan fingerprint density at radius 1 is 1.20 bits per heavy atom. The average molecular weight is 459 g/mol. The highest BCUT2D eigenvalue weighted by molar-refractivity contribution is 6.34. The van der Waals surface area contributed by atoms with Crippen LogP contribution in [0.1, 0.15) is 62.9 Å². The van der Waals surface area contributed by atoms with Gasteiger partial charge in [0.25, 0.3) is 5.91 Å².